The molecule has 1 aliphatic rings. The molecule has 0 atom stereocenters. The molecule has 0 radical (unpaired) electrons. The van der Waals surface area contributed by atoms with Gasteiger partial charge in [-0.2, -0.15) is 5.10 Å². The molecule has 0 aliphatic heterocycles. The molecule has 1 aromatic carbocycles. The first-order valence-electron chi connectivity index (χ1n) is 9.21. The topological polar surface area (TPSA) is 52.7 Å². The Hall–Kier alpha value is -1.30. The monoisotopic (exact) mass is 358 g/mol. The van der Waals surface area contributed by atoms with Crippen molar-refractivity contribution in [3.8, 4) is 11.3 Å². The first-order valence-corrected chi connectivity index (χ1v) is 10.0. The second-order valence-electron chi connectivity index (χ2n) is 8.20. The Bertz CT molecular complexity index is 664. The Morgan fingerprint density at radius 3 is 2.40 bits per heavy atom. The summed E-state index contributed by atoms with van der Waals surface area (Å²) >= 11 is 1.65. The molecule has 0 spiro atoms. The van der Waals surface area contributed by atoms with Gasteiger partial charge in [-0.25, -0.2) is 9.44 Å². The maximum absolute atomic E-state index is 4.53. The van der Waals surface area contributed by atoms with Crippen molar-refractivity contribution in [2.45, 2.75) is 70.9 Å². The molecule has 0 unspecified atom stereocenters. The molecule has 4 nitrogen and oxygen atoms in total. The fourth-order valence-electron chi connectivity index (χ4n) is 3.21. The highest BCUT2D eigenvalue weighted by atomic mass is 32.2. The van der Waals surface area contributed by atoms with Gasteiger partial charge in [0.1, 0.15) is 0 Å². The van der Waals surface area contributed by atoms with Crippen LogP contribution in [-0.2, 0) is 0 Å². The minimum Gasteiger partial charge on any atom is -0.282 e. The highest BCUT2D eigenvalue weighted by Crippen LogP contribution is 2.34. The van der Waals surface area contributed by atoms with Crippen LogP contribution in [0.25, 0.3) is 11.3 Å². The van der Waals surface area contributed by atoms with Crippen molar-refractivity contribution in [2.24, 2.45) is 0 Å². The number of nitrogens with one attached hydrogen (secondary N) is 3. The minimum absolute atomic E-state index is 0.136. The lowest BCUT2D eigenvalue weighted by Gasteiger charge is -2.29. The first kappa shape index (κ1) is 18.5. The van der Waals surface area contributed by atoms with Gasteiger partial charge in [0.2, 0.25) is 0 Å². The third kappa shape index (κ3) is 5.33. The molecule has 0 bridgehead atoms. The third-order valence-corrected chi connectivity index (χ3v) is 5.86. The largest absolute Gasteiger partial charge is 0.282 e. The van der Waals surface area contributed by atoms with E-state index in [1.165, 1.54) is 42.5 Å². The standard InChI is InChI=1S/C20H30N4S/c1-14-5-7-15(8-6-14)18-13-19(22-21-18)16-9-11-17(12-10-16)23-25-24-20(2,3)4/h5-8,13,16-17,23-24H,9-12H2,1-4H3,(H,21,22). The molecule has 1 aliphatic carbocycles. The van der Waals surface area contributed by atoms with Crippen molar-refractivity contribution in [1.29, 1.82) is 0 Å². The van der Waals surface area contributed by atoms with Crippen molar-refractivity contribution in [3.05, 3.63) is 41.6 Å². The maximum atomic E-state index is 4.53. The van der Waals surface area contributed by atoms with Crippen LogP contribution in [0.15, 0.2) is 30.3 Å². The lowest BCUT2D eigenvalue weighted by Crippen LogP contribution is -2.36. The Morgan fingerprint density at radius 1 is 1.08 bits per heavy atom. The summed E-state index contributed by atoms with van der Waals surface area (Å²) in [6.45, 7) is 8.66. The van der Waals surface area contributed by atoms with Crippen LogP contribution in [0.4, 0.5) is 0 Å². The third-order valence-electron chi connectivity index (χ3n) is 4.69. The number of hydrogen-bond acceptors (Lipinski definition) is 4. The number of aromatic amines is 1. The number of benzene rings is 1. The molecule has 2 aromatic rings. The molecule has 3 N–H and O–H groups in total. The van der Waals surface area contributed by atoms with Gasteiger partial charge in [0.05, 0.1) is 5.69 Å². The molecule has 1 aromatic heterocycles. The zero-order valence-corrected chi connectivity index (χ0v) is 16.5. The Kier molecular flexibility index (Phi) is 5.87. The van der Waals surface area contributed by atoms with Gasteiger partial charge < -0.3 is 0 Å². The predicted molar refractivity (Wildman–Crippen MR) is 107 cm³/mol. The van der Waals surface area contributed by atoms with Gasteiger partial charge >= 0.3 is 0 Å². The summed E-state index contributed by atoms with van der Waals surface area (Å²) < 4.78 is 6.99. The van der Waals surface area contributed by atoms with Crippen LogP contribution in [0, 0.1) is 6.92 Å². The van der Waals surface area contributed by atoms with Gasteiger partial charge in [0.15, 0.2) is 0 Å². The summed E-state index contributed by atoms with van der Waals surface area (Å²) in [5.41, 5.74) is 4.95. The summed E-state index contributed by atoms with van der Waals surface area (Å²) in [6, 6.07) is 11.4. The predicted octanol–water partition coefficient (Wildman–Crippen LogP) is 4.95. The molecule has 0 amide bonds. The van der Waals surface area contributed by atoms with Crippen LogP contribution in [0.1, 0.15) is 63.6 Å². The van der Waals surface area contributed by atoms with Crippen LogP contribution in [0.2, 0.25) is 0 Å². The van der Waals surface area contributed by atoms with E-state index in [0.29, 0.717) is 12.0 Å². The van der Waals surface area contributed by atoms with Gasteiger partial charge in [-0.3, -0.25) is 5.10 Å². The fraction of sp³-hybridized carbons (Fsp3) is 0.550. The summed E-state index contributed by atoms with van der Waals surface area (Å²) in [4.78, 5) is 0. The number of hydrogen-bond donors (Lipinski definition) is 3. The van der Waals surface area contributed by atoms with E-state index in [0.717, 1.165) is 5.69 Å². The quantitative estimate of drug-likeness (QED) is 0.662. The molecule has 1 fully saturated rings. The van der Waals surface area contributed by atoms with Gasteiger partial charge in [0, 0.05) is 40.9 Å². The molecule has 0 saturated heterocycles. The number of H-pyrrole nitrogens is 1. The summed E-state index contributed by atoms with van der Waals surface area (Å²) in [7, 11) is 0. The normalized spacial score (nSPS) is 21.4. The number of aryl methyl sites for hydroxylation is 1. The first-order chi connectivity index (χ1) is 11.9. The van der Waals surface area contributed by atoms with E-state index in [1.807, 2.05) is 0 Å². The fourth-order valence-corrected chi connectivity index (χ4v) is 3.97. The molecule has 1 saturated carbocycles. The van der Waals surface area contributed by atoms with E-state index < -0.39 is 0 Å². The van der Waals surface area contributed by atoms with Crippen molar-refractivity contribution >= 4 is 12.1 Å². The van der Waals surface area contributed by atoms with Crippen LogP contribution in [0.5, 0.6) is 0 Å². The zero-order valence-electron chi connectivity index (χ0n) is 15.7. The van der Waals surface area contributed by atoms with Gasteiger partial charge in [-0.1, -0.05) is 29.8 Å². The smallest absolute Gasteiger partial charge is 0.0923 e. The van der Waals surface area contributed by atoms with E-state index in [-0.39, 0.29) is 5.54 Å². The van der Waals surface area contributed by atoms with Crippen LogP contribution in [0.3, 0.4) is 0 Å². The molecular weight excluding hydrogens is 328 g/mol. The van der Waals surface area contributed by atoms with Crippen LogP contribution < -0.4 is 9.44 Å². The van der Waals surface area contributed by atoms with Crippen molar-refractivity contribution in [2.75, 3.05) is 0 Å². The molecule has 136 valence electrons. The van der Waals surface area contributed by atoms with Crippen LogP contribution >= 0.6 is 12.1 Å². The zero-order chi connectivity index (χ0) is 17.9. The number of nitrogens with zero attached hydrogens (tertiary/aromatic N) is 1. The SMILES string of the molecule is Cc1ccc(-c2cc(C3CCC(NSNC(C)(C)C)CC3)[nH]n2)cc1. The Labute approximate surface area is 155 Å². The van der Waals surface area contributed by atoms with Gasteiger partial charge in [-0.15, -0.1) is 0 Å². The summed E-state index contributed by atoms with van der Waals surface area (Å²) in [6.07, 6.45) is 4.84. The van der Waals surface area contributed by atoms with E-state index in [4.69, 9.17) is 0 Å². The highest BCUT2D eigenvalue weighted by molar-refractivity contribution is 7.95. The van der Waals surface area contributed by atoms with Crippen molar-refractivity contribution in [3.63, 3.8) is 0 Å². The van der Waals surface area contributed by atoms with E-state index in [2.05, 4.69) is 77.7 Å². The molecule has 3 rings (SSSR count). The van der Waals surface area contributed by atoms with Crippen molar-refractivity contribution < 1.29 is 0 Å². The second-order valence-corrected chi connectivity index (χ2v) is 8.84. The molecular formula is C20H30N4S. The summed E-state index contributed by atoms with van der Waals surface area (Å²) in [5.74, 6) is 0.602. The van der Waals surface area contributed by atoms with E-state index >= 15 is 0 Å². The lowest BCUT2D eigenvalue weighted by molar-refractivity contribution is 0.375. The van der Waals surface area contributed by atoms with Gasteiger partial charge in [0.25, 0.3) is 0 Å². The van der Waals surface area contributed by atoms with Crippen molar-refractivity contribution in [1.82, 2.24) is 19.6 Å². The number of aromatic nitrogens is 2. The molecule has 5 heteroatoms. The van der Waals surface area contributed by atoms with Gasteiger partial charge in [-0.05, 0) is 59.4 Å². The number of rotatable bonds is 5. The Morgan fingerprint density at radius 2 is 1.76 bits per heavy atom. The Balaban J connectivity index is 1.51. The van der Waals surface area contributed by atoms with E-state index in [9.17, 15) is 0 Å². The average Bonchev–Trinajstić information content (AvgIpc) is 3.05. The lowest BCUT2D eigenvalue weighted by atomic mass is 9.84. The van der Waals surface area contributed by atoms with Crippen LogP contribution in [-0.4, -0.2) is 21.8 Å². The highest BCUT2D eigenvalue weighted by Gasteiger charge is 2.24. The average molecular weight is 359 g/mol. The summed E-state index contributed by atoms with van der Waals surface area (Å²) in [5, 5.41) is 7.81. The van der Waals surface area contributed by atoms with E-state index in [1.54, 1.807) is 12.1 Å². The molecule has 25 heavy (non-hydrogen) atoms. The minimum atomic E-state index is 0.136. The molecule has 1 heterocycles. The second kappa shape index (κ2) is 7.94. The maximum Gasteiger partial charge on any atom is 0.0923 e.